The van der Waals surface area contributed by atoms with E-state index in [2.05, 4.69) is 6.07 Å². The van der Waals surface area contributed by atoms with Crippen LogP contribution in [0.1, 0.15) is 6.85 Å². The van der Waals surface area contributed by atoms with Crippen molar-refractivity contribution in [2.75, 3.05) is 0 Å². The second-order valence-electron chi connectivity index (χ2n) is 0.750. The van der Waals surface area contributed by atoms with E-state index in [1.165, 1.54) is 0 Å². The molecule has 0 fully saturated rings. The molecule has 0 nitrogen and oxygen atoms in total. The third-order valence-corrected chi connectivity index (χ3v) is 0.375. The van der Waals surface area contributed by atoms with E-state index >= 15 is 0 Å². The van der Waals surface area contributed by atoms with Crippen molar-refractivity contribution in [3.05, 3.63) is 36.3 Å². The zero-order valence-electron chi connectivity index (χ0n) is 9.09. The summed E-state index contributed by atoms with van der Waals surface area (Å²) in [7, 11) is 0. The largest absolute Gasteiger partial charge is 2.00 e. The molecular formula is C6H5ClMg. The fraction of sp³-hybridized carbons (Fsp3) is 0. The predicted molar refractivity (Wildman–Crippen MR) is 31.0 cm³/mol. The van der Waals surface area contributed by atoms with Gasteiger partial charge in [-0.15, -0.1) is 0 Å². The van der Waals surface area contributed by atoms with E-state index in [9.17, 15) is 0 Å². The van der Waals surface area contributed by atoms with Crippen LogP contribution in [0.4, 0.5) is 0 Å². The summed E-state index contributed by atoms with van der Waals surface area (Å²) in [6.07, 6.45) is 0. The van der Waals surface area contributed by atoms with Gasteiger partial charge in [-0.1, -0.05) is 0 Å². The first-order valence-electron chi connectivity index (χ1n) is 4.00. The Kier molecular flexibility index (Phi) is 3.13. The summed E-state index contributed by atoms with van der Waals surface area (Å²) in [5.41, 5.74) is 0. The Labute approximate surface area is 78.9 Å². The summed E-state index contributed by atoms with van der Waals surface area (Å²) in [6.45, 7) is 0. The second kappa shape index (κ2) is 7.28. The third-order valence-electron chi connectivity index (χ3n) is 0.375. The van der Waals surface area contributed by atoms with Crippen molar-refractivity contribution >= 4 is 23.1 Å². The summed E-state index contributed by atoms with van der Waals surface area (Å²) in [5, 5.41) is 0. The molecule has 0 aliphatic heterocycles. The van der Waals surface area contributed by atoms with Crippen molar-refractivity contribution < 1.29 is 19.3 Å². The molecule has 0 aliphatic carbocycles. The average Bonchev–Trinajstić information content (AvgIpc) is 1.97. The van der Waals surface area contributed by atoms with Crippen LogP contribution in [0.15, 0.2) is 30.2 Å². The van der Waals surface area contributed by atoms with Crippen LogP contribution in [0, 0.1) is 6.07 Å². The van der Waals surface area contributed by atoms with Gasteiger partial charge in [-0.3, -0.25) is 0 Å². The van der Waals surface area contributed by atoms with Gasteiger partial charge in [0.05, 0.1) is 0 Å². The van der Waals surface area contributed by atoms with Crippen LogP contribution in [0.2, 0.25) is 0 Å². The van der Waals surface area contributed by atoms with Gasteiger partial charge in [0.2, 0.25) is 0 Å². The van der Waals surface area contributed by atoms with Crippen LogP contribution in [0.5, 0.6) is 0 Å². The summed E-state index contributed by atoms with van der Waals surface area (Å²) in [5.74, 6) is 0. The normalized spacial score (nSPS) is 14.8. The Balaban J connectivity index is 0. The van der Waals surface area contributed by atoms with Gasteiger partial charge >= 0.3 is 23.1 Å². The monoisotopic (exact) mass is 141 g/mol. The number of hydrogen-bond donors (Lipinski definition) is 0. The molecule has 0 saturated heterocycles. The van der Waals surface area contributed by atoms with Gasteiger partial charge in [0.1, 0.15) is 0 Å². The molecule has 1 aromatic rings. The Morgan fingerprint density at radius 2 is 1.62 bits per heavy atom. The van der Waals surface area contributed by atoms with E-state index in [1.807, 2.05) is 0 Å². The molecule has 0 spiro atoms. The van der Waals surface area contributed by atoms with Crippen molar-refractivity contribution in [3.63, 3.8) is 0 Å². The minimum absolute atomic E-state index is 0. The van der Waals surface area contributed by atoms with Crippen molar-refractivity contribution in [3.8, 4) is 0 Å². The quantitative estimate of drug-likeness (QED) is 0.293. The van der Waals surface area contributed by atoms with E-state index in [0.717, 1.165) is 0 Å². The first-order chi connectivity index (χ1) is 5.04. The molecule has 8 heavy (non-hydrogen) atoms. The number of benzene rings is 1. The van der Waals surface area contributed by atoms with Crippen molar-refractivity contribution in [1.82, 2.24) is 0 Å². The van der Waals surface area contributed by atoms with Crippen molar-refractivity contribution in [2.24, 2.45) is 0 Å². The van der Waals surface area contributed by atoms with Gasteiger partial charge in [-0.05, 0) is 2.74 Å². The van der Waals surface area contributed by atoms with Gasteiger partial charge in [-0.2, -0.15) is 36.3 Å². The van der Waals surface area contributed by atoms with E-state index in [-0.39, 0.29) is 65.7 Å². The summed E-state index contributed by atoms with van der Waals surface area (Å²) >= 11 is 0. The molecule has 0 N–H and O–H groups in total. The number of rotatable bonds is 0. The molecule has 0 amide bonds. The summed E-state index contributed by atoms with van der Waals surface area (Å²) in [4.78, 5) is 0. The molecule has 0 unspecified atom stereocenters. The SMILES string of the molecule is [2H]c1[c-]c([2H])c([2H])c([2H])c1[2H].[Cl-].[Mg+2]. The fourth-order valence-electron chi connectivity index (χ4n) is 0.188. The molecule has 0 aromatic heterocycles. The van der Waals surface area contributed by atoms with E-state index in [4.69, 9.17) is 6.85 Å². The maximum absolute atomic E-state index is 7.09. The zero-order chi connectivity index (χ0) is 8.59. The third kappa shape index (κ3) is 4.44. The van der Waals surface area contributed by atoms with Crippen molar-refractivity contribution in [1.29, 1.82) is 0 Å². The number of halogens is 1. The van der Waals surface area contributed by atoms with Gasteiger partial charge < -0.3 is 12.4 Å². The van der Waals surface area contributed by atoms with Gasteiger partial charge in [0, 0.05) is 4.11 Å². The molecular weight excluding hydrogens is 132 g/mol. The van der Waals surface area contributed by atoms with Crippen LogP contribution < -0.4 is 12.4 Å². The van der Waals surface area contributed by atoms with E-state index in [1.54, 1.807) is 0 Å². The molecule has 0 atom stereocenters. The smallest absolute Gasteiger partial charge is 1.00 e. The predicted octanol–water partition coefficient (Wildman–Crippen LogP) is -1.89. The fourth-order valence-corrected chi connectivity index (χ4v) is 0.188. The van der Waals surface area contributed by atoms with Crippen LogP contribution in [-0.4, -0.2) is 23.1 Å². The molecule has 0 aliphatic rings. The van der Waals surface area contributed by atoms with Crippen LogP contribution in [0.3, 0.4) is 0 Å². The number of hydrogen-bond acceptors (Lipinski definition) is 0. The summed E-state index contributed by atoms with van der Waals surface area (Å²) < 4.78 is 35.3. The van der Waals surface area contributed by atoms with Crippen LogP contribution >= 0.6 is 0 Å². The Bertz CT molecular complexity index is 277. The van der Waals surface area contributed by atoms with Gasteiger partial charge in [0.25, 0.3) is 0 Å². The van der Waals surface area contributed by atoms with Gasteiger partial charge in [0.15, 0.2) is 0 Å². The molecule has 0 radical (unpaired) electrons. The Morgan fingerprint density at radius 1 is 1.12 bits per heavy atom. The molecule has 2 heteroatoms. The Hall–Kier alpha value is 0.276. The first kappa shape index (κ1) is 3.45. The van der Waals surface area contributed by atoms with Gasteiger partial charge in [-0.25, -0.2) is 0 Å². The molecule has 0 heterocycles. The van der Waals surface area contributed by atoms with E-state index in [0.29, 0.717) is 0 Å². The maximum atomic E-state index is 7.09. The molecule has 0 bridgehead atoms. The standard InChI is InChI=1S/C6H5.ClH.Mg/c1-2-4-6-5-3-1;;/h1-5H;1H;/q-1;;+2/p-1/i1D,2D,3D,4D,5D;;. The molecule has 1 aromatic carbocycles. The molecule has 0 saturated carbocycles. The Morgan fingerprint density at radius 3 is 2.12 bits per heavy atom. The molecule has 38 valence electrons. The minimum Gasteiger partial charge on any atom is -1.00 e. The van der Waals surface area contributed by atoms with E-state index < -0.39 is 0 Å². The average molecular weight is 142 g/mol. The minimum atomic E-state index is -0.376. The first-order valence-corrected chi connectivity index (χ1v) is 1.50. The molecule has 1 rings (SSSR count). The van der Waals surface area contributed by atoms with Crippen molar-refractivity contribution in [2.45, 2.75) is 0 Å². The topological polar surface area (TPSA) is 0 Å². The summed E-state index contributed by atoms with van der Waals surface area (Å²) in [6, 6.07) is 0.536. The van der Waals surface area contributed by atoms with Crippen LogP contribution in [-0.2, 0) is 0 Å². The second-order valence-corrected chi connectivity index (χ2v) is 0.750. The maximum Gasteiger partial charge on any atom is 2.00 e. The van der Waals surface area contributed by atoms with Crippen LogP contribution in [0.25, 0.3) is 0 Å². The zero-order valence-corrected chi connectivity index (χ0v) is 6.26.